The number of nitrogens with two attached hydrogens (primary N) is 1. The summed E-state index contributed by atoms with van der Waals surface area (Å²) >= 11 is 0. The first-order valence-corrected chi connectivity index (χ1v) is 8.55. The lowest BCUT2D eigenvalue weighted by Gasteiger charge is -2.16. The molecular formula is C17H29IN4O2. The Kier molecular flexibility index (Phi) is 9.82. The third-order valence-electron chi connectivity index (χ3n) is 4.18. The maximum absolute atomic E-state index is 11.8. The van der Waals surface area contributed by atoms with Gasteiger partial charge in [-0.3, -0.25) is 9.79 Å². The van der Waals surface area contributed by atoms with Gasteiger partial charge in [-0.05, 0) is 32.3 Å². The predicted molar refractivity (Wildman–Crippen MR) is 107 cm³/mol. The number of halogens is 1. The van der Waals surface area contributed by atoms with E-state index in [0.717, 1.165) is 12.0 Å². The van der Waals surface area contributed by atoms with Gasteiger partial charge in [-0.2, -0.15) is 0 Å². The quantitative estimate of drug-likeness (QED) is 0.205. The largest absolute Gasteiger partial charge is 0.459 e. The summed E-state index contributed by atoms with van der Waals surface area (Å²) < 4.78 is 5.15. The van der Waals surface area contributed by atoms with Crippen LogP contribution in [0.1, 0.15) is 61.1 Å². The molecule has 0 spiro atoms. The van der Waals surface area contributed by atoms with Gasteiger partial charge in [0.2, 0.25) is 0 Å². The van der Waals surface area contributed by atoms with Gasteiger partial charge in [0, 0.05) is 24.7 Å². The van der Waals surface area contributed by atoms with Gasteiger partial charge in [-0.15, -0.1) is 24.0 Å². The molecule has 0 radical (unpaired) electrons. The molecule has 0 aromatic carbocycles. The highest BCUT2D eigenvalue weighted by molar-refractivity contribution is 14.0. The highest BCUT2D eigenvalue weighted by Crippen LogP contribution is 2.16. The van der Waals surface area contributed by atoms with Crippen LogP contribution >= 0.6 is 24.0 Å². The van der Waals surface area contributed by atoms with Crippen molar-refractivity contribution in [3.63, 3.8) is 0 Å². The van der Waals surface area contributed by atoms with Crippen molar-refractivity contribution in [3.8, 4) is 0 Å². The van der Waals surface area contributed by atoms with Gasteiger partial charge >= 0.3 is 0 Å². The number of hydrogen-bond donors (Lipinski definition) is 3. The average molecular weight is 448 g/mol. The van der Waals surface area contributed by atoms with Crippen molar-refractivity contribution in [2.45, 2.75) is 57.9 Å². The van der Waals surface area contributed by atoms with E-state index >= 15 is 0 Å². The minimum Gasteiger partial charge on any atom is -0.459 e. The van der Waals surface area contributed by atoms with Crippen molar-refractivity contribution in [1.82, 2.24) is 10.6 Å². The number of carbonyl (C=O) groups excluding carboxylic acids is 1. The molecule has 0 unspecified atom stereocenters. The van der Waals surface area contributed by atoms with Gasteiger partial charge in [0.15, 0.2) is 11.7 Å². The topological polar surface area (TPSA) is 92.7 Å². The molecular weight excluding hydrogens is 419 g/mol. The number of aryl methyl sites for hydroxylation is 1. The van der Waals surface area contributed by atoms with Crippen LogP contribution < -0.4 is 16.4 Å². The van der Waals surface area contributed by atoms with E-state index in [1.165, 1.54) is 44.8 Å². The van der Waals surface area contributed by atoms with E-state index < -0.39 is 0 Å². The van der Waals surface area contributed by atoms with Gasteiger partial charge in [-0.1, -0.05) is 25.7 Å². The Labute approximate surface area is 161 Å². The standard InChI is InChI=1S/C17H28N4O2.HI/c1-13-9-12-23-15(13)16(22)19-10-6-11-20-17(18)21-14-7-4-2-3-5-8-14;/h9,12,14H,2-8,10-11H2,1H3,(H,19,22)(H3,18,20,21);1H. The molecule has 4 N–H and O–H groups in total. The fourth-order valence-electron chi connectivity index (χ4n) is 2.84. The summed E-state index contributed by atoms with van der Waals surface area (Å²) in [5.41, 5.74) is 6.78. The molecule has 1 aromatic heterocycles. The van der Waals surface area contributed by atoms with Crippen molar-refractivity contribution in [3.05, 3.63) is 23.7 Å². The van der Waals surface area contributed by atoms with E-state index in [2.05, 4.69) is 15.6 Å². The highest BCUT2D eigenvalue weighted by atomic mass is 127. The average Bonchev–Trinajstić information content (AvgIpc) is 2.79. The monoisotopic (exact) mass is 448 g/mol. The van der Waals surface area contributed by atoms with Gasteiger partial charge < -0.3 is 20.8 Å². The predicted octanol–water partition coefficient (Wildman–Crippen LogP) is 2.95. The molecule has 24 heavy (non-hydrogen) atoms. The number of nitrogens with one attached hydrogen (secondary N) is 2. The maximum Gasteiger partial charge on any atom is 0.287 e. The summed E-state index contributed by atoms with van der Waals surface area (Å²) in [5.74, 6) is 0.717. The van der Waals surface area contributed by atoms with Crippen LogP contribution in [0.25, 0.3) is 0 Å². The lowest BCUT2D eigenvalue weighted by Crippen LogP contribution is -2.40. The third kappa shape index (κ3) is 7.11. The molecule has 1 saturated carbocycles. The van der Waals surface area contributed by atoms with E-state index in [9.17, 15) is 4.79 Å². The van der Waals surface area contributed by atoms with Gasteiger partial charge in [0.05, 0.1) is 6.26 Å². The number of amides is 1. The third-order valence-corrected chi connectivity index (χ3v) is 4.18. The van der Waals surface area contributed by atoms with Crippen LogP contribution in [-0.2, 0) is 0 Å². The van der Waals surface area contributed by atoms with Crippen molar-refractivity contribution in [1.29, 1.82) is 0 Å². The van der Waals surface area contributed by atoms with Crippen LogP contribution in [0, 0.1) is 6.92 Å². The molecule has 0 aliphatic heterocycles. The molecule has 2 rings (SSSR count). The fraction of sp³-hybridized carbons (Fsp3) is 0.647. The van der Waals surface area contributed by atoms with Crippen LogP contribution in [0.4, 0.5) is 0 Å². The van der Waals surface area contributed by atoms with Crippen LogP contribution in [0.5, 0.6) is 0 Å². The second-order valence-electron chi connectivity index (χ2n) is 6.14. The van der Waals surface area contributed by atoms with Crippen molar-refractivity contribution >= 4 is 35.8 Å². The summed E-state index contributed by atoms with van der Waals surface area (Å²) in [6.45, 7) is 3.00. The first-order chi connectivity index (χ1) is 11.2. The molecule has 0 atom stereocenters. The Hall–Kier alpha value is -1.25. The molecule has 1 aromatic rings. The second-order valence-corrected chi connectivity index (χ2v) is 6.14. The SMILES string of the molecule is Cc1ccoc1C(=O)NCCCN=C(N)NC1CCCCCC1.I. The van der Waals surface area contributed by atoms with E-state index in [0.29, 0.717) is 30.9 Å². The number of furan rings is 1. The molecule has 0 bridgehead atoms. The molecule has 6 nitrogen and oxygen atoms in total. The lowest BCUT2D eigenvalue weighted by molar-refractivity contribution is 0.0925. The van der Waals surface area contributed by atoms with Gasteiger partial charge in [-0.25, -0.2) is 0 Å². The second kappa shape index (κ2) is 11.3. The van der Waals surface area contributed by atoms with Gasteiger partial charge in [0.25, 0.3) is 5.91 Å². The summed E-state index contributed by atoms with van der Waals surface area (Å²) in [4.78, 5) is 16.2. The number of rotatable bonds is 6. The Morgan fingerprint density at radius 2 is 2.04 bits per heavy atom. The van der Waals surface area contributed by atoms with Crippen molar-refractivity contribution in [2.24, 2.45) is 10.7 Å². The van der Waals surface area contributed by atoms with Crippen LogP contribution in [0.3, 0.4) is 0 Å². The number of guanidine groups is 1. The lowest BCUT2D eigenvalue weighted by atomic mass is 10.1. The van der Waals surface area contributed by atoms with Gasteiger partial charge in [0.1, 0.15) is 0 Å². The smallest absolute Gasteiger partial charge is 0.287 e. The molecule has 136 valence electrons. The normalized spacial score (nSPS) is 16.1. The number of nitrogens with zero attached hydrogens (tertiary/aromatic N) is 1. The number of aliphatic imine (C=N–C) groups is 1. The molecule has 1 fully saturated rings. The Morgan fingerprint density at radius 3 is 2.67 bits per heavy atom. The van der Waals surface area contributed by atoms with Crippen LogP contribution in [-0.4, -0.2) is 31.0 Å². The molecule has 1 aliphatic carbocycles. The summed E-state index contributed by atoms with van der Waals surface area (Å²) in [6.07, 6.45) is 9.80. The fourth-order valence-corrected chi connectivity index (χ4v) is 2.84. The summed E-state index contributed by atoms with van der Waals surface area (Å²) in [5, 5.41) is 6.14. The van der Waals surface area contributed by atoms with E-state index in [-0.39, 0.29) is 29.9 Å². The molecule has 0 saturated heterocycles. The maximum atomic E-state index is 11.8. The highest BCUT2D eigenvalue weighted by Gasteiger charge is 2.12. The zero-order chi connectivity index (χ0) is 16.5. The van der Waals surface area contributed by atoms with E-state index in [4.69, 9.17) is 10.2 Å². The Morgan fingerprint density at radius 1 is 1.33 bits per heavy atom. The summed E-state index contributed by atoms with van der Waals surface area (Å²) in [6, 6.07) is 2.24. The van der Waals surface area contributed by atoms with E-state index in [1.54, 1.807) is 6.07 Å². The first-order valence-electron chi connectivity index (χ1n) is 8.55. The minimum absolute atomic E-state index is 0. The zero-order valence-electron chi connectivity index (χ0n) is 14.3. The molecule has 7 heteroatoms. The number of hydrogen-bond acceptors (Lipinski definition) is 3. The zero-order valence-corrected chi connectivity index (χ0v) is 16.7. The van der Waals surface area contributed by atoms with Crippen LogP contribution in [0.2, 0.25) is 0 Å². The Bertz CT molecular complexity index is 522. The Balaban J connectivity index is 0.00000288. The van der Waals surface area contributed by atoms with E-state index in [1.807, 2.05) is 6.92 Å². The minimum atomic E-state index is -0.180. The van der Waals surface area contributed by atoms with Crippen molar-refractivity contribution < 1.29 is 9.21 Å². The number of carbonyl (C=O) groups is 1. The van der Waals surface area contributed by atoms with Crippen molar-refractivity contribution in [2.75, 3.05) is 13.1 Å². The summed E-state index contributed by atoms with van der Waals surface area (Å²) in [7, 11) is 0. The van der Waals surface area contributed by atoms with Crippen LogP contribution in [0.15, 0.2) is 21.7 Å². The molecule has 1 amide bonds. The first kappa shape index (κ1) is 20.8. The molecule has 1 aliphatic rings. The molecule has 1 heterocycles.